The van der Waals surface area contributed by atoms with E-state index in [1.807, 2.05) is 75.4 Å². The van der Waals surface area contributed by atoms with Gasteiger partial charge in [-0.3, -0.25) is 4.79 Å². The molecule has 1 heterocycles. The minimum atomic E-state index is -0.128. The molecule has 0 saturated heterocycles. The number of aromatic nitrogens is 2. The minimum absolute atomic E-state index is 0.128. The molecule has 0 aliphatic carbocycles. The molecule has 4 aromatic rings. The zero-order valence-corrected chi connectivity index (χ0v) is 16.7. The molecule has 0 unspecified atom stereocenters. The van der Waals surface area contributed by atoms with Crippen molar-refractivity contribution in [2.24, 2.45) is 0 Å². The van der Waals surface area contributed by atoms with Gasteiger partial charge in [-0.25, -0.2) is 9.97 Å². The average molecular weight is 382 g/mol. The van der Waals surface area contributed by atoms with Gasteiger partial charge in [-0.05, 0) is 78.9 Å². The Balaban J connectivity index is 1.69. The van der Waals surface area contributed by atoms with Crippen LogP contribution in [-0.4, -0.2) is 15.9 Å². The van der Waals surface area contributed by atoms with Gasteiger partial charge >= 0.3 is 0 Å². The zero-order valence-electron chi connectivity index (χ0n) is 16.7. The second-order valence-corrected chi connectivity index (χ2v) is 7.30. The molecule has 3 N–H and O–H groups in total. The number of rotatable bonds is 3. The van der Waals surface area contributed by atoms with Gasteiger partial charge in [0.25, 0.3) is 5.91 Å². The number of benzene rings is 3. The molecular weight excluding hydrogens is 360 g/mol. The van der Waals surface area contributed by atoms with Crippen LogP contribution in [0.5, 0.6) is 0 Å². The summed E-state index contributed by atoms with van der Waals surface area (Å²) in [6, 6.07) is 17.7. The van der Waals surface area contributed by atoms with Gasteiger partial charge in [0.1, 0.15) is 0 Å². The number of nitrogens with zero attached hydrogens (tertiary/aromatic N) is 2. The van der Waals surface area contributed by atoms with E-state index < -0.39 is 0 Å². The number of carbonyl (C=O) groups excluding carboxylic acids is 1. The summed E-state index contributed by atoms with van der Waals surface area (Å²) in [6.07, 6.45) is 1.72. The molecule has 144 valence electrons. The van der Waals surface area contributed by atoms with Crippen molar-refractivity contribution < 1.29 is 4.79 Å². The Morgan fingerprint density at radius 2 is 1.72 bits per heavy atom. The molecule has 0 atom stereocenters. The molecule has 5 nitrogen and oxygen atoms in total. The molecule has 1 aromatic heterocycles. The van der Waals surface area contributed by atoms with Crippen LogP contribution in [0, 0.1) is 20.8 Å². The first kappa shape index (κ1) is 18.6. The molecule has 0 bridgehead atoms. The van der Waals surface area contributed by atoms with Crippen molar-refractivity contribution in [1.29, 1.82) is 0 Å². The van der Waals surface area contributed by atoms with E-state index in [-0.39, 0.29) is 11.9 Å². The number of nitrogens with two attached hydrogens (primary N) is 1. The van der Waals surface area contributed by atoms with E-state index in [0.717, 1.165) is 44.4 Å². The lowest BCUT2D eigenvalue weighted by molar-refractivity contribution is 0.102. The summed E-state index contributed by atoms with van der Waals surface area (Å²) in [6.45, 7) is 6.03. The van der Waals surface area contributed by atoms with Crippen molar-refractivity contribution in [3.05, 3.63) is 83.0 Å². The number of fused-ring (bicyclic) bond motifs is 1. The maximum absolute atomic E-state index is 12.9. The van der Waals surface area contributed by atoms with Gasteiger partial charge < -0.3 is 11.1 Å². The number of hydrogen-bond acceptors (Lipinski definition) is 4. The lowest BCUT2D eigenvalue weighted by Gasteiger charge is -2.12. The number of carbonyl (C=O) groups is 1. The normalized spacial score (nSPS) is 10.9. The molecule has 0 aliphatic heterocycles. The van der Waals surface area contributed by atoms with Crippen LogP contribution in [0.2, 0.25) is 0 Å². The number of aryl methyl sites for hydroxylation is 3. The maximum atomic E-state index is 12.9. The Morgan fingerprint density at radius 1 is 0.931 bits per heavy atom. The highest BCUT2D eigenvalue weighted by Gasteiger charge is 2.12. The van der Waals surface area contributed by atoms with Gasteiger partial charge in [0.05, 0.1) is 5.52 Å². The lowest BCUT2D eigenvalue weighted by Crippen LogP contribution is -2.13. The number of anilines is 2. The van der Waals surface area contributed by atoms with Crippen LogP contribution in [0.4, 0.5) is 11.6 Å². The smallest absolute Gasteiger partial charge is 0.255 e. The van der Waals surface area contributed by atoms with Crippen LogP contribution >= 0.6 is 0 Å². The molecule has 1 amide bonds. The second kappa shape index (κ2) is 7.36. The van der Waals surface area contributed by atoms with E-state index in [1.54, 1.807) is 6.20 Å². The molecule has 0 radical (unpaired) electrons. The van der Waals surface area contributed by atoms with Gasteiger partial charge in [0.2, 0.25) is 5.95 Å². The Bertz CT molecular complexity index is 1250. The third-order valence-electron chi connectivity index (χ3n) is 5.05. The van der Waals surface area contributed by atoms with E-state index in [4.69, 9.17) is 5.73 Å². The highest BCUT2D eigenvalue weighted by atomic mass is 16.1. The molecule has 4 rings (SSSR count). The molecule has 5 heteroatoms. The van der Waals surface area contributed by atoms with E-state index in [2.05, 4.69) is 15.3 Å². The Labute approximate surface area is 169 Å². The number of amides is 1. The zero-order chi connectivity index (χ0) is 20.5. The molecule has 29 heavy (non-hydrogen) atoms. The first-order chi connectivity index (χ1) is 13.9. The SMILES string of the molecule is Cc1ccc(C)c(NC(=O)c2ccc(C)c(-c3ccc4nc(N)ncc4c3)c2)c1. The summed E-state index contributed by atoms with van der Waals surface area (Å²) >= 11 is 0. The fourth-order valence-electron chi connectivity index (χ4n) is 3.35. The van der Waals surface area contributed by atoms with Crippen molar-refractivity contribution in [2.75, 3.05) is 11.1 Å². The van der Waals surface area contributed by atoms with Crippen LogP contribution in [0.3, 0.4) is 0 Å². The first-order valence-corrected chi connectivity index (χ1v) is 9.42. The van der Waals surface area contributed by atoms with Crippen molar-refractivity contribution in [2.45, 2.75) is 20.8 Å². The Morgan fingerprint density at radius 3 is 2.55 bits per heavy atom. The highest BCUT2D eigenvalue weighted by Crippen LogP contribution is 2.28. The summed E-state index contributed by atoms with van der Waals surface area (Å²) in [5, 5.41) is 3.93. The van der Waals surface area contributed by atoms with Gasteiger partial charge in [0, 0.05) is 22.8 Å². The quantitative estimate of drug-likeness (QED) is 0.519. The van der Waals surface area contributed by atoms with Gasteiger partial charge in [-0.15, -0.1) is 0 Å². The molecule has 0 aliphatic rings. The summed E-state index contributed by atoms with van der Waals surface area (Å²) in [7, 11) is 0. The monoisotopic (exact) mass is 382 g/mol. The molecule has 0 spiro atoms. The van der Waals surface area contributed by atoms with Crippen LogP contribution in [0.15, 0.2) is 60.8 Å². The average Bonchev–Trinajstić information content (AvgIpc) is 2.70. The van der Waals surface area contributed by atoms with E-state index in [9.17, 15) is 4.79 Å². The van der Waals surface area contributed by atoms with Crippen molar-refractivity contribution >= 4 is 28.4 Å². The topological polar surface area (TPSA) is 80.9 Å². The summed E-state index contributed by atoms with van der Waals surface area (Å²) in [5.41, 5.74) is 13.1. The lowest BCUT2D eigenvalue weighted by atomic mass is 9.97. The fraction of sp³-hybridized carbons (Fsp3) is 0.125. The number of hydrogen-bond donors (Lipinski definition) is 2. The summed E-state index contributed by atoms with van der Waals surface area (Å²) in [4.78, 5) is 21.2. The van der Waals surface area contributed by atoms with Gasteiger partial charge in [-0.2, -0.15) is 0 Å². The molecule has 0 fully saturated rings. The van der Waals surface area contributed by atoms with E-state index >= 15 is 0 Å². The Kier molecular flexibility index (Phi) is 4.72. The van der Waals surface area contributed by atoms with Crippen LogP contribution in [0.1, 0.15) is 27.0 Å². The van der Waals surface area contributed by atoms with Crippen molar-refractivity contribution in [1.82, 2.24) is 9.97 Å². The van der Waals surface area contributed by atoms with E-state index in [1.165, 1.54) is 0 Å². The van der Waals surface area contributed by atoms with Gasteiger partial charge in [0.15, 0.2) is 0 Å². The predicted molar refractivity (Wildman–Crippen MR) is 118 cm³/mol. The highest BCUT2D eigenvalue weighted by molar-refractivity contribution is 6.05. The van der Waals surface area contributed by atoms with E-state index in [0.29, 0.717) is 5.56 Å². The maximum Gasteiger partial charge on any atom is 0.255 e. The van der Waals surface area contributed by atoms with Crippen LogP contribution in [0.25, 0.3) is 22.0 Å². The molecule has 0 saturated carbocycles. The molecular formula is C24H22N4O. The number of nitrogen functional groups attached to an aromatic ring is 1. The Hall–Kier alpha value is -3.73. The van der Waals surface area contributed by atoms with Crippen molar-refractivity contribution in [3.8, 4) is 11.1 Å². The summed E-state index contributed by atoms with van der Waals surface area (Å²) in [5.74, 6) is 0.128. The standard InChI is InChI=1S/C24H22N4O/c1-14-4-5-16(3)22(10-14)27-23(29)18-7-6-15(2)20(12-18)17-8-9-21-19(11-17)13-26-24(25)28-21/h4-13H,1-3H3,(H,27,29)(H2,25,26,28). The van der Waals surface area contributed by atoms with Crippen molar-refractivity contribution in [3.63, 3.8) is 0 Å². The third kappa shape index (κ3) is 3.80. The second-order valence-electron chi connectivity index (χ2n) is 7.30. The summed E-state index contributed by atoms with van der Waals surface area (Å²) < 4.78 is 0. The van der Waals surface area contributed by atoms with Crippen LogP contribution in [-0.2, 0) is 0 Å². The number of nitrogens with one attached hydrogen (secondary N) is 1. The molecule has 3 aromatic carbocycles. The third-order valence-corrected chi connectivity index (χ3v) is 5.05. The predicted octanol–water partition coefficient (Wildman–Crippen LogP) is 5.06. The minimum Gasteiger partial charge on any atom is -0.368 e. The van der Waals surface area contributed by atoms with Gasteiger partial charge in [-0.1, -0.05) is 24.3 Å². The first-order valence-electron chi connectivity index (χ1n) is 9.42. The van der Waals surface area contributed by atoms with Crippen LogP contribution < -0.4 is 11.1 Å². The largest absolute Gasteiger partial charge is 0.368 e. The fourth-order valence-corrected chi connectivity index (χ4v) is 3.35.